The molecule has 0 fully saturated rings. The second-order valence-electron chi connectivity index (χ2n) is 16.3. The number of hydrogen-bond acceptors (Lipinski definition) is 0. The molecule has 286 valence electrons. The smallest absolute Gasteiger partial charge is 0.247 e. The second-order valence-corrected chi connectivity index (χ2v) is 16.3. The van der Waals surface area contributed by atoms with Gasteiger partial charge in [-0.2, -0.15) is 0 Å². The molecule has 3 rings (SSSR count). The number of unbranched alkanes of at least 4 members (excludes halogenated alkanes) is 24. The lowest BCUT2D eigenvalue weighted by Gasteiger charge is -2.37. The van der Waals surface area contributed by atoms with Crippen molar-refractivity contribution in [3.63, 3.8) is 0 Å². The maximum Gasteiger partial charge on any atom is 0.258 e. The SMILES string of the molecule is CCCCCCCCCCCCCCCC(c1[nH]cc[n+]1CCCCCCCCCCCCCCC)C(C)(Cc1ccccc1)c1ccccc1. The topological polar surface area (TPSA) is 19.7 Å². The average molecular weight is 698 g/mol. The number of aromatic nitrogens is 2. The van der Waals surface area contributed by atoms with Gasteiger partial charge in [0.2, 0.25) is 0 Å². The van der Waals surface area contributed by atoms with Gasteiger partial charge in [0, 0.05) is 5.41 Å². The first kappa shape index (κ1) is 43.1. The minimum absolute atomic E-state index is 0.00233. The number of hydrogen-bond donors (Lipinski definition) is 1. The molecule has 2 nitrogen and oxygen atoms in total. The molecule has 0 radical (unpaired) electrons. The molecule has 0 amide bonds. The van der Waals surface area contributed by atoms with Gasteiger partial charge in [-0.05, 0) is 36.8 Å². The maximum absolute atomic E-state index is 3.82. The number of aryl methyl sites for hydroxylation is 1. The van der Waals surface area contributed by atoms with Gasteiger partial charge in [-0.15, -0.1) is 0 Å². The molecule has 1 aromatic heterocycles. The van der Waals surface area contributed by atoms with Gasteiger partial charge >= 0.3 is 0 Å². The Morgan fingerprint density at radius 3 is 1.39 bits per heavy atom. The summed E-state index contributed by atoms with van der Waals surface area (Å²) in [5.74, 6) is 1.87. The summed E-state index contributed by atoms with van der Waals surface area (Å²) >= 11 is 0. The summed E-state index contributed by atoms with van der Waals surface area (Å²) < 4.78 is 2.59. The zero-order chi connectivity index (χ0) is 36.1. The summed E-state index contributed by atoms with van der Waals surface area (Å²) in [6.07, 6.45) is 43.4. The summed E-state index contributed by atoms with van der Waals surface area (Å²) in [4.78, 5) is 3.82. The first-order chi connectivity index (χ1) is 25.2. The van der Waals surface area contributed by atoms with Gasteiger partial charge in [-0.1, -0.05) is 236 Å². The summed E-state index contributed by atoms with van der Waals surface area (Å²) in [5, 5.41) is 0. The molecule has 0 aliphatic rings. The van der Waals surface area contributed by atoms with Crippen molar-refractivity contribution in [1.82, 2.24) is 4.98 Å². The molecule has 2 aromatic carbocycles. The first-order valence-corrected chi connectivity index (χ1v) is 22.3. The van der Waals surface area contributed by atoms with E-state index < -0.39 is 0 Å². The van der Waals surface area contributed by atoms with Crippen LogP contribution >= 0.6 is 0 Å². The molecule has 0 saturated heterocycles. The van der Waals surface area contributed by atoms with Crippen molar-refractivity contribution in [2.45, 2.75) is 218 Å². The van der Waals surface area contributed by atoms with Gasteiger partial charge in [0.25, 0.3) is 5.82 Å². The molecular weight excluding hydrogens is 617 g/mol. The van der Waals surface area contributed by atoms with Crippen LogP contribution in [0, 0.1) is 0 Å². The monoisotopic (exact) mass is 698 g/mol. The highest BCUT2D eigenvalue weighted by atomic mass is 15.1. The highest BCUT2D eigenvalue weighted by Crippen LogP contribution is 2.43. The highest BCUT2D eigenvalue weighted by molar-refractivity contribution is 5.32. The molecule has 0 aliphatic heterocycles. The number of aromatic amines is 1. The van der Waals surface area contributed by atoms with Crippen LogP contribution in [0.15, 0.2) is 73.1 Å². The molecule has 0 aliphatic carbocycles. The number of benzene rings is 2. The molecule has 0 saturated carbocycles. The fraction of sp³-hybridized carbons (Fsp3) is 0.694. The lowest BCUT2D eigenvalue weighted by atomic mass is 9.66. The van der Waals surface area contributed by atoms with Crippen LogP contribution in [0.5, 0.6) is 0 Å². The molecule has 2 unspecified atom stereocenters. The molecule has 1 heterocycles. The van der Waals surface area contributed by atoms with Crippen LogP contribution in [0.4, 0.5) is 0 Å². The summed E-state index contributed by atoms with van der Waals surface area (Å²) in [7, 11) is 0. The van der Waals surface area contributed by atoms with E-state index in [1.807, 2.05) is 0 Å². The molecule has 0 bridgehead atoms. The van der Waals surface area contributed by atoms with Crippen LogP contribution in [0.1, 0.15) is 217 Å². The van der Waals surface area contributed by atoms with Crippen LogP contribution in [-0.4, -0.2) is 4.98 Å². The quantitative estimate of drug-likeness (QED) is 0.0483. The predicted molar refractivity (Wildman–Crippen MR) is 224 cm³/mol. The van der Waals surface area contributed by atoms with E-state index in [2.05, 4.69) is 103 Å². The Morgan fingerprint density at radius 1 is 0.510 bits per heavy atom. The number of imidazole rings is 1. The Morgan fingerprint density at radius 2 is 0.922 bits per heavy atom. The van der Waals surface area contributed by atoms with Crippen LogP contribution in [0.25, 0.3) is 0 Å². The lowest BCUT2D eigenvalue weighted by Crippen LogP contribution is -2.43. The minimum atomic E-state index is 0.00233. The fourth-order valence-electron chi connectivity index (χ4n) is 8.56. The van der Waals surface area contributed by atoms with Gasteiger partial charge in [-0.3, -0.25) is 0 Å². The standard InChI is InChI=1S/C49H80N2/c1-4-6-8-10-12-14-16-18-20-22-24-26-34-40-47(49(3,46-38-32-29-33-39-46)44-45-36-30-28-31-37-45)48-50-41-43-51(48)42-35-27-25-23-21-19-17-15-13-11-9-7-5-2/h28-33,36-39,41,43,47H,4-27,34-35,40,42,44H2,1-3H3/p+1. The number of nitrogens with zero attached hydrogens (tertiary/aromatic N) is 1. The zero-order valence-electron chi connectivity index (χ0n) is 34.0. The van der Waals surface area contributed by atoms with E-state index in [4.69, 9.17) is 0 Å². The lowest BCUT2D eigenvalue weighted by molar-refractivity contribution is -0.705. The van der Waals surface area contributed by atoms with Crippen molar-refractivity contribution in [2.24, 2.45) is 0 Å². The molecule has 2 atom stereocenters. The summed E-state index contributed by atoms with van der Waals surface area (Å²) in [5.41, 5.74) is 2.91. The van der Waals surface area contributed by atoms with Crippen LogP contribution in [-0.2, 0) is 18.4 Å². The largest absolute Gasteiger partial charge is 0.258 e. The normalized spacial score (nSPS) is 13.4. The Balaban J connectivity index is 1.54. The Labute approximate surface area is 317 Å². The molecule has 51 heavy (non-hydrogen) atoms. The van der Waals surface area contributed by atoms with Gasteiger partial charge in [0.15, 0.2) is 0 Å². The van der Waals surface area contributed by atoms with Crippen molar-refractivity contribution in [1.29, 1.82) is 0 Å². The van der Waals surface area contributed by atoms with Crippen molar-refractivity contribution < 1.29 is 4.57 Å². The van der Waals surface area contributed by atoms with E-state index in [0.717, 1.165) is 13.0 Å². The third-order valence-electron chi connectivity index (χ3n) is 11.8. The maximum atomic E-state index is 3.82. The van der Waals surface area contributed by atoms with Crippen LogP contribution in [0.3, 0.4) is 0 Å². The fourth-order valence-corrected chi connectivity index (χ4v) is 8.56. The van der Waals surface area contributed by atoms with Gasteiger partial charge in [-0.25, -0.2) is 9.55 Å². The van der Waals surface area contributed by atoms with E-state index in [0.29, 0.717) is 5.92 Å². The predicted octanol–water partition coefficient (Wildman–Crippen LogP) is 15.2. The molecule has 0 spiro atoms. The third-order valence-corrected chi connectivity index (χ3v) is 11.8. The average Bonchev–Trinajstić information content (AvgIpc) is 3.62. The number of rotatable bonds is 33. The molecular formula is C49H81N2+. The van der Waals surface area contributed by atoms with E-state index >= 15 is 0 Å². The molecule has 1 N–H and O–H groups in total. The zero-order valence-corrected chi connectivity index (χ0v) is 34.0. The van der Waals surface area contributed by atoms with Crippen molar-refractivity contribution in [2.75, 3.05) is 0 Å². The van der Waals surface area contributed by atoms with Gasteiger partial charge in [0.1, 0.15) is 12.4 Å². The van der Waals surface area contributed by atoms with Crippen molar-refractivity contribution >= 4 is 0 Å². The van der Waals surface area contributed by atoms with E-state index in [9.17, 15) is 0 Å². The minimum Gasteiger partial charge on any atom is -0.247 e. The first-order valence-electron chi connectivity index (χ1n) is 22.3. The van der Waals surface area contributed by atoms with Crippen molar-refractivity contribution in [3.8, 4) is 0 Å². The summed E-state index contributed by atoms with van der Waals surface area (Å²) in [6, 6.07) is 22.7. The van der Waals surface area contributed by atoms with Gasteiger partial charge in [0.05, 0.1) is 12.5 Å². The highest BCUT2D eigenvalue weighted by Gasteiger charge is 2.41. The molecule has 3 aromatic rings. The summed E-state index contributed by atoms with van der Waals surface area (Å²) in [6.45, 7) is 8.30. The molecule has 2 heteroatoms. The van der Waals surface area contributed by atoms with E-state index in [1.165, 1.54) is 190 Å². The van der Waals surface area contributed by atoms with Gasteiger partial charge < -0.3 is 0 Å². The third kappa shape index (κ3) is 17.8. The number of nitrogens with one attached hydrogen (secondary N) is 1. The Bertz CT molecular complexity index is 1180. The van der Waals surface area contributed by atoms with Crippen LogP contribution in [0.2, 0.25) is 0 Å². The van der Waals surface area contributed by atoms with E-state index in [-0.39, 0.29) is 5.41 Å². The van der Waals surface area contributed by atoms with E-state index in [1.54, 1.807) is 0 Å². The van der Waals surface area contributed by atoms with Crippen LogP contribution < -0.4 is 4.57 Å². The Kier molecular flexibility index (Phi) is 23.8. The Hall–Kier alpha value is -2.35. The number of H-pyrrole nitrogens is 1. The van der Waals surface area contributed by atoms with Crippen molar-refractivity contribution in [3.05, 3.63) is 90.0 Å². The second kappa shape index (κ2) is 28.2.